The second kappa shape index (κ2) is 8.85. The van der Waals surface area contributed by atoms with Crippen LogP contribution in [-0.2, 0) is 38.6 Å². The monoisotopic (exact) mass is 463 g/mol. The van der Waals surface area contributed by atoms with E-state index < -0.39 is 29.5 Å². The Kier molecular flexibility index (Phi) is 5.88. The van der Waals surface area contributed by atoms with Crippen LogP contribution in [0.2, 0.25) is 0 Å². The Labute approximate surface area is 197 Å². The number of imide groups is 1. The number of hydrogen-bond acceptors (Lipinski definition) is 6. The minimum atomic E-state index is -0.971. The summed E-state index contributed by atoms with van der Waals surface area (Å²) in [7, 11) is 0. The maximum atomic E-state index is 13.3. The molecule has 178 valence electrons. The summed E-state index contributed by atoms with van der Waals surface area (Å²) in [5.74, 6) is -1.92. The highest BCUT2D eigenvalue weighted by Gasteiger charge is 2.51. The fourth-order valence-electron chi connectivity index (χ4n) is 5.55. The van der Waals surface area contributed by atoms with Gasteiger partial charge in [-0.15, -0.1) is 0 Å². The van der Waals surface area contributed by atoms with Crippen molar-refractivity contribution in [3.63, 3.8) is 0 Å². The molecule has 7 heteroatoms. The molecule has 0 spiro atoms. The Balaban J connectivity index is 1.40. The van der Waals surface area contributed by atoms with Crippen LogP contribution in [0.25, 0.3) is 11.0 Å². The minimum Gasteiger partial charge on any atom is -0.459 e. The third kappa shape index (κ3) is 3.97. The summed E-state index contributed by atoms with van der Waals surface area (Å²) in [4.78, 5) is 52.7. The average Bonchev–Trinajstić information content (AvgIpc) is 3.36. The van der Waals surface area contributed by atoms with Gasteiger partial charge in [0.1, 0.15) is 18.2 Å². The molecule has 7 nitrogen and oxygen atoms in total. The summed E-state index contributed by atoms with van der Waals surface area (Å²) in [5.41, 5.74) is 2.95. The summed E-state index contributed by atoms with van der Waals surface area (Å²) in [6, 6.07) is 4.30. The Morgan fingerprint density at radius 3 is 2.32 bits per heavy atom. The molecule has 0 bridgehead atoms. The van der Waals surface area contributed by atoms with E-state index in [1.165, 1.54) is 17.2 Å². The molecule has 0 saturated carbocycles. The number of esters is 1. The van der Waals surface area contributed by atoms with E-state index in [-0.39, 0.29) is 24.3 Å². The second-order valence-corrected chi connectivity index (χ2v) is 10.0. The molecule has 1 aromatic heterocycles. The largest absolute Gasteiger partial charge is 0.459 e. The summed E-state index contributed by atoms with van der Waals surface area (Å²) in [6.07, 6.45) is 8.21. The molecule has 2 aromatic rings. The van der Waals surface area contributed by atoms with Crippen molar-refractivity contribution in [2.24, 2.45) is 17.8 Å². The molecular formula is C27H29NO6. The van der Waals surface area contributed by atoms with Crippen LogP contribution in [0.1, 0.15) is 56.2 Å². The molecule has 0 unspecified atom stereocenters. The number of rotatable bonds is 6. The van der Waals surface area contributed by atoms with Gasteiger partial charge in [-0.25, -0.2) is 9.59 Å². The zero-order valence-corrected chi connectivity index (χ0v) is 19.5. The lowest BCUT2D eigenvalue weighted by molar-refractivity contribution is -0.160. The Hall–Kier alpha value is -3.22. The van der Waals surface area contributed by atoms with Crippen molar-refractivity contribution in [3.8, 4) is 0 Å². The standard InChI is InChI=1S/C27H29NO6/c1-15(2)10-22(28-25(30)19-8-3-4-9-20(19)26(28)31)27(32)33-14-18-13-24(29)34-23-12-17-7-5-6-16(17)11-21(18)23/h3-4,11-13,15,19-20,22H,5-10,14H2,1-2H3/t19-,20+,22-/m1/s1. The SMILES string of the molecule is CC(C)C[C@H](C(=O)OCc1cc(=O)oc2cc3c(cc12)CCC3)N1C(=O)[C@H]2CC=CC[C@H]2C1=O. The third-order valence-electron chi connectivity index (χ3n) is 7.23. The quantitative estimate of drug-likeness (QED) is 0.281. The zero-order valence-electron chi connectivity index (χ0n) is 19.5. The molecule has 1 fully saturated rings. The van der Waals surface area contributed by atoms with Crippen LogP contribution in [0, 0.1) is 17.8 Å². The first kappa shape index (κ1) is 22.6. The van der Waals surface area contributed by atoms with E-state index in [1.54, 1.807) is 0 Å². The summed E-state index contributed by atoms with van der Waals surface area (Å²) in [6.45, 7) is 3.76. The normalized spacial score (nSPS) is 22.4. The highest BCUT2D eigenvalue weighted by molar-refractivity contribution is 6.08. The van der Waals surface area contributed by atoms with Gasteiger partial charge in [0, 0.05) is 17.0 Å². The topological polar surface area (TPSA) is 93.9 Å². The van der Waals surface area contributed by atoms with Crippen molar-refractivity contribution in [3.05, 3.63) is 57.5 Å². The number of hydrogen-bond donors (Lipinski definition) is 0. The predicted molar refractivity (Wildman–Crippen MR) is 125 cm³/mol. The van der Waals surface area contributed by atoms with Crippen LogP contribution in [0.15, 0.2) is 39.6 Å². The number of carbonyl (C=O) groups excluding carboxylic acids is 3. The van der Waals surface area contributed by atoms with E-state index in [0.29, 0.717) is 30.4 Å². The fourth-order valence-corrected chi connectivity index (χ4v) is 5.55. The molecule has 3 atom stereocenters. The van der Waals surface area contributed by atoms with E-state index in [4.69, 9.17) is 9.15 Å². The van der Waals surface area contributed by atoms with Gasteiger partial charge >= 0.3 is 11.6 Å². The van der Waals surface area contributed by atoms with E-state index in [0.717, 1.165) is 29.5 Å². The van der Waals surface area contributed by atoms with E-state index in [2.05, 4.69) is 0 Å². The van der Waals surface area contributed by atoms with Crippen molar-refractivity contribution in [1.82, 2.24) is 4.90 Å². The van der Waals surface area contributed by atoms with Gasteiger partial charge in [-0.1, -0.05) is 26.0 Å². The molecule has 0 radical (unpaired) electrons. The second-order valence-electron chi connectivity index (χ2n) is 10.0. The molecule has 0 N–H and O–H groups in total. The van der Waals surface area contributed by atoms with Crippen LogP contribution in [0.4, 0.5) is 0 Å². The first-order chi connectivity index (χ1) is 16.3. The van der Waals surface area contributed by atoms with Gasteiger partial charge in [-0.05, 0) is 67.7 Å². The lowest BCUT2D eigenvalue weighted by atomic mass is 9.85. The molecule has 2 heterocycles. The van der Waals surface area contributed by atoms with Gasteiger partial charge in [0.15, 0.2) is 0 Å². The van der Waals surface area contributed by atoms with Crippen molar-refractivity contribution >= 4 is 28.8 Å². The number of fused-ring (bicyclic) bond motifs is 3. The number of nitrogens with zero attached hydrogens (tertiary/aromatic N) is 1. The molecule has 1 aromatic carbocycles. The lowest BCUT2D eigenvalue weighted by Gasteiger charge is -2.26. The Bertz CT molecular complexity index is 1230. The molecule has 3 aliphatic rings. The Morgan fingerprint density at radius 2 is 1.68 bits per heavy atom. The van der Waals surface area contributed by atoms with Crippen LogP contribution < -0.4 is 5.63 Å². The predicted octanol–water partition coefficient (Wildman–Crippen LogP) is 3.69. The molecule has 34 heavy (non-hydrogen) atoms. The van der Waals surface area contributed by atoms with Gasteiger partial charge in [-0.3, -0.25) is 14.5 Å². The van der Waals surface area contributed by atoms with Crippen molar-refractivity contribution in [2.75, 3.05) is 0 Å². The summed E-state index contributed by atoms with van der Waals surface area (Å²) in [5, 5.41) is 0.749. The van der Waals surface area contributed by atoms with Crippen molar-refractivity contribution in [2.45, 2.75) is 65.0 Å². The fraction of sp³-hybridized carbons (Fsp3) is 0.481. The number of carbonyl (C=O) groups is 3. The summed E-state index contributed by atoms with van der Waals surface area (Å²) >= 11 is 0. The number of ether oxygens (including phenoxy) is 1. The number of amides is 2. The van der Waals surface area contributed by atoms with Gasteiger partial charge < -0.3 is 9.15 Å². The molecular weight excluding hydrogens is 434 g/mol. The number of allylic oxidation sites excluding steroid dienone is 2. The van der Waals surface area contributed by atoms with E-state index in [9.17, 15) is 19.2 Å². The Morgan fingerprint density at radius 1 is 1.03 bits per heavy atom. The highest BCUT2D eigenvalue weighted by atomic mass is 16.5. The molecule has 1 aliphatic heterocycles. The number of benzene rings is 1. The van der Waals surface area contributed by atoms with Crippen LogP contribution in [0.3, 0.4) is 0 Å². The maximum Gasteiger partial charge on any atom is 0.336 e. The first-order valence-electron chi connectivity index (χ1n) is 12.1. The van der Waals surface area contributed by atoms with Gasteiger partial charge in [-0.2, -0.15) is 0 Å². The smallest absolute Gasteiger partial charge is 0.336 e. The molecule has 1 saturated heterocycles. The third-order valence-corrected chi connectivity index (χ3v) is 7.23. The van der Waals surface area contributed by atoms with Gasteiger partial charge in [0.2, 0.25) is 11.8 Å². The number of aryl methyl sites for hydroxylation is 2. The number of likely N-dealkylation sites (tertiary alicyclic amines) is 1. The lowest BCUT2D eigenvalue weighted by Crippen LogP contribution is -2.47. The van der Waals surface area contributed by atoms with Crippen molar-refractivity contribution in [1.29, 1.82) is 0 Å². The van der Waals surface area contributed by atoms with Gasteiger partial charge in [0.25, 0.3) is 0 Å². The zero-order chi connectivity index (χ0) is 24.0. The first-order valence-corrected chi connectivity index (χ1v) is 12.1. The van der Waals surface area contributed by atoms with E-state index >= 15 is 0 Å². The highest BCUT2D eigenvalue weighted by Crippen LogP contribution is 2.37. The molecule has 2 aliphatic carbocycles. The summed E-state index contributed by atoms with van der Waals surface area (Å²) < 4.78 is 11.1. The van der Waals surface area contributed by atoms with Crippen LogP contribution >= 0.6 is 0 Å². The van der Waals surface area contributed by atoms with Gasteiger partial charge in [0.05, 0.1) is 11.8 Å². The average molecular weight is 464 g/mol. The maximum absolute atomic E-state index is 13.3. The van der Waals surface area contributed by atoms with E-state index in [1.807, 2.05) is 38.1 Å². The minimum absolute atomic E-state index is 0.0751. The molecule has 2 amide bonds. The van der Waals surface area contributed by atoms with Crippen LogP contribution in [0.5, 0.6) is 0 Å². The van der Waals surface area contributed by atoms with Crippen LogP contribution in [-0.4, -0.2) is 28.7 Å². The van der Waals surface area contributed by atoms with Crippen molar-refractivity contribution < 1.29 is 23.5 Å². The molecule has 5 rings (SSSR count).